The van der Waals surface area contributed by atoms with Crippen molar-refractivity contribution in [3.63, 3.8) is 0 Å². The van der Waals surface area contributed by atoms with E-state index in [4.69, 9.17) is 0 Å². The van der Waals surface area contributed by atoms with E-state index in [2.05, 4.69) is 22.3 Å². The average Bonchev–Trinajstić information content (AvgIpc) is 2.90. The molecule has 0 aliphatic heterocycles. The number of anilines is 1. The molecule has 0 aliphatic rings. The second kappa shape index (κ2) is 6.58. The molecular weight excluding hydrogens is 298 g/mol. The van der Waals surface area contributed by atoms with Gasteiger partial charge in [-0.25, -0.2) is 4.98 Å². The van der Waals surface area contributed by atoms with Crippen molar-refractivity contribution in [1.29, 1.82) is 0 Å². The van der Waals surface area contributed by atoms with Gasteiger partial charge in [0.05, 0.1) is 22.9 Å². The van der Waals surface area contributed by atoms with Gasteiger partial charge in [-0.1, -0.05) is 0 Å². The zero-order valence-electron chi connectivity index (χ0n) is 14.0. The number of hydrogen-bond donors (Lipinski definition) is 1. The predicted molar refractivity (Wildman–Crippen MR) is 89.2 cm³/mol. The first kappa shape index (κ1) is 16.6. The number of nitrogens with zero attached hydrogens (tertiary/aromatic N) is 4. The summed E-state index contributed by atoms with van der Waals surface area (Å²) < 4.78 is 1.67. The summed E-state index contributed by atoms with van der Waals surface area (Å²) in [6.07, 6.45) is 0. The molecule has 0 fully saturated rings. The highest BCUT2D eigenvalue weighted by molar-refractivity contribution is 7.11. The topological polar surface area (TPSA) is 63.1 Å². The highest BCUT2D eigenvalue weighted by Gasteiger charge is 2.19. The molecule has 1 unspecified atom stereocenters. The van der Waals surface area contributed by atoms with Crippen LogP contribution < -0.4 is 5.32 Å². The maximum atomic E-state index is 12.2. The fourth-order valence-electron chi connectivity index (χ4n) is 2.41. The zero-order chi connectivity index (χ0) is 16.4. The molecule has 0 saturated heterocycles. The molecule has 0 bridgehead atoms. The Hall–Kier alpha value is -1.73. The van der Waals surface area contributed by atoms with Gasteiger partial charge in [0.25, 0.3) is 0 Å². The average molecular weight is 321 g/mol. The van der Waals surface area contributed by atoms with Gasteiger partial charge in [0.1, 0.15) is 5.82 Å². The fraction of sp³-hybridized carbons (Fsp3) is 0.533. The smallest absolute Gasteiger partial charge is 0.239 e. The lowest BCUT2D eigenvalue weighted by Crippen LogP contribution is -2.32. The normalized spacial score (nSPS) is 12.7. The Morgan fingerprint density at radius 1 is 1.45 bits per heavy atom. The molecule has 0 spiro atoms. The molecule has 22 heavy (non-hydrogen) atoms. The number of aryl methyl sites for hydroxylation is 4. The molecule has 1 atom stereocenters. The Morgan fingerprint density at radius 3 is 2.64 bits per heavy atom. The number of amides is 1. The number of carbonyl (C=O) groups excluding carboxylic acids is 1. The van der Waals surface area contributed by atoms with Gasteiger partial charge in [0.2, 0.25) is 5.91 Å². The maximum absolute atomic E-state index is 12.2. The van der Waals surface area contributed by atoms with Gasteiger partial charge in [0, 0.05) is 24.0 Å². The monoisotopic (exact) mass is 321 g/mol. The highest BCUT2D eigenvalue weighted by Crippen LogP contribution is 2.27. The number of rotatable bonds is 5. The fourth-order valence-corrected chi connectivity index (χ4v) is 3.45. The zero-order valence-corrected chi connectivity index (χ0v) is 14.8. The van der Waals surface area contributed by atoms with Crippen LogP contribution in [0.4, 0.5) is 5.82 Å². The molecule has 1 amide bonds. The van der Waals surface area contributed by atoms with Gasteiger partial charge >= 0.3 is 0 Å². The lowest BCUT2D eigenvalue weighted by atomic mass is 10.2. The molecule has 7 heteroatoms. The Morgan fingerprint density at radius 2 is 2.14 bits per heavy atom. The Balaban J connectivity index is 1.99. The molecule has 2 aromatic rings. The van der Waals surface area contributed by atoms with E-state index in [1.807, 2.05) is 45.8 Å². The van der Waals surface area contributed by atoms with Crippen LogP contribution in [0.2, 0.25) is 0 Å². The van der Waals surface area contributed by atoms with Gasteiger partial charge < -0.3 is 5.32 Å². The minimum absolute atomic E-state index is 0.0451. The van der Waals surface area contributed by atoms with E-state index in [0.717, 1.165) is 16.4 Å². The molecule has 0 aliphatic carbocycles. The summed E-state index contributed by atoms with van der Waals surface area (Å²) in [5.74, 6) is 0.671. The largest absolute Gasteiger partial charge is 0.310 e. The molecule has 2 heterocycles. The molecule has 6 nitrogen and oxygen atoms in total. The van der Waals surface area contributed by atoms with Crippen molar-refractivity contribution in [2.75, 3.05) is 18.9 Å². The third-order valence-corrected chi connectivity index (χ3v) is 4.89. The summed E-state index contributed by atoms with van der Waals surface area (Å²) in [4.78, 5) is 19.9. The van der Waals surface area contributed by atoms with E-state index in [1.165, 1.54) is 4.88 Å². The van der Waals surface area contributed by atoms with Gasteiger partial charge in [-0.3, -0.25) is 14.4 Å². The molecule has 2 rings (SSSR count). The Bertz CT molecular complexity index is 676. The van der Waals surface area contributed by atoms with Crippen molar-refractivity contribution >= 4 is 23.1 Å². The van der Waals surface area contributed by atoms with Gasteiger partial charge in [0.15, 0.2) is 0 Å². The van der Waals surface area contributed by atoms with Crippen LogP contribution in [0.15, 0.2) is 6.07 Å². The van der Waals surface area contributed by atoms with Crippen LogP contribution in [0.25, 0.3) is 0 Å². The van der Waals surface area contributed by atoms with Crippen LogP contribution in [0.1, 0.15) is 34.2 Å². The highest BCUT2D eigenvalue weighted by atomic mass is 32.1. The summed E-state index contributed by atoms with van der Waals surface area (Å²) in [6.45, 7) is 8.34. The second-order valence-corrected chi connectivity index (χ2v) is 6.85. The lowest BCUT2D eigenvalue weighted by molar-refractivity contribution is -0.117. The molecule has 0 aromatic carbocycles. The van der Waals surface area contributed by atoms with Crippen molar-refractivity contribution in [1.82, 2.24) is 19.7 Å². The van der Waals surface area contributed by atoms with E-state index < -0.39 is 0 Å². The third-order valence-electron chi connectivity index (χ3n) is 3.64. The van der Waals surface area contributed by atoms with E-state index in [-0.39, 0.29) is 11.9 Å². The molecule has 120 valence electrons. The second-order valence-electron chi connectivity index (χ2n) is 5.62. The summed E-state index contributed by atoms with van der Waals surface area (Å²) in [6, 6.07) is 2.02. The lowest BCUT2D eigenvalue weighted by Gasteiger charge is -2.23. The number of nitrogens with one attached hydrogen (secondary N) is 1. The number of thiazole rings is 1. The van der Waals surface area contributed by atoms with E-state index in [9.17, 15) is 4.79 Å². The van der Waals surface area contributed by atoms with Crippen LogP contribution in [-0.2, 0) is 11.8 Å². The summed E-state index contributed by atoms with van der Waals surface area (Å²) >= 11 is 1.69. The van der Waals surface area contributed by atoms with E-state index >= 15 is 0 Å². The van der Waals surface area contributed by atoms with E-state index in [1.54, 1.807) is 16.0 Å². The SMILES string of the molecule is Cc1cc(NC(=O)CN(C)C(C)c2sc(C)nc2C)n(C)n1. The number of aromatic nitrogens is 3. The summed E-state index contributed by atoms with van der Waals surface area (Å²) in [5, 5.41) is 8.18. The first-order valence-corrected chi connectivity index (χ1v) is 8.04. The van der Waals surface area contributed by atoms with Gasteiger partial charge in [-0.05, 0) is 34.7 Å². The number of carbonyl (C=O) groups is 1. The molecule has 0 radical (unpaired) electrons. The van der Waals surface area contributed by atoms with Crippen molar-refractivity contribution in [2.24, 2.45) is 7.05 Å². The van der Waals surface area contributed by atoms with Crippen molar-refractivity contribution < 1.29 is 4.79 Å². The van der Waals surface area contributed by atoms with Crippen LogP contribution in [-0.4, -0.2) is 39.2 Å². The molecule has 0 saturated carbocycles. The van der Waals surface area contributed by atoms with Gasteiger partial charge in [-0.15, -0.1) is 11.3 Å². The number of likely N-dealkylation sites (N-methyl/N-ethyl adjacent to an activating group) is 1. The predicted octanol–water partition coefficient (Wildman–Crippen LogP) is 2.43. The van der Waals surface area contributed by atoms with Crippen molar-refractivity contribution in [3.05, 3.63) is 27.3 Å². The summed E-state index contributed by atoms with van der Waals surface area (Å²) in [7, 11) is 3.77. The quantitative estimate of drug-likeness (QED) is 0.919. The third kappa shape index (κ3) is 3.72. The van der Waals surface area contributed by atoms with E-state index in [0.29, 0.717) is 12.4 Å². The molecular formula is C15H23N5OS. The van der Waals surface area contributed by atoms with Crippen molar-refractivity contribution in [2.45, 2.75) is 33.7 Å². The first-order chi connectivity index (χ1) is 10.3. The van der Waals surface area contributed by atoms with Crippen LogP contribution in [0.3, 0.4) is 0 Å². The van der Waals surface area contributed by atoms with Crippen LogP contribution in [0, 0.1) is 20.8 Å². The maximum Gasteiger partial charge on any atom is 0.239 e. The Kier molecular flexibility index (Phi) is 4.97. The molecule has 1 N–H and O–H groups in total. The molecule has 2 aromatic heterocycles. The van der Waals surface area contributed by atoms with Crippen LogP contribution >= 0.6 is 11.3 Å². The van der Waals surface area contributed by atoms with Crippen molar-refractivity contribution in [3.8, 4) is 0 Å². The van der Waals surface area contributed by atoms with Gasteiger partial charge in [-0.2, -0.15) is 5.10 Å². The Labute approximate surface area is 135 Å². The summed E-state index contributed by atoms with van der Waals surface area (Å²) in [5.41, 5.74) is 1.93. The number of hydrogen-bond acceptors (Lipinski definition) is 5. The first-order valence-electron chi connectivity index (χ1n) is 7.22. The minimum Gasteiger partial charge on any atom is -0.310 e. The van der Waals surface area contributed by atoms with Crippen LogP contribution in [0.5, 0.6) is 0 Å². The standard InChI is InChI=1S/C15H23N5OS/c1-9-7-13(20(6)18-9)17-14(21)8-19(5)11(3)15-10(2)16-12(4)22-15/h7,11H,8H2,1-6H3,(H,17,21). The minimum atomic E-state index is -0.0451.